The second-order valence-corrected chi connectivity index (χ2v) is 16.3. The number of H-pyrrole nitrogens is 2. The van der Waals surface area contributed by atoms with Crippen LogP contribution in [0.1, 0.15) is 22.8 Å². The van der Waals surface area contributed by atoms with E-state index in [0.29, 0.717) is 0 Å². The summed E-state index contributed by atoms with van der Waals surface area (Å²) in [6.45, 7) is 0. The number of aromatic amines is 2. The Morgan fingerprint density at radius 1 is 0.288 bits per heavy atom. The van der Waals surface area contributed by atoms with Gasteiger partial charge >= 0.3 is 173 Å². The molecule has 3 aromatic heterocycles. The molecular formula is C54H33N4Pd. The minimum atomic E-state index is 0.939. The Hall–Kier alpha value is -7.16. The van der Waals surface area contributed by atoms with Crippen LogP contribution in [-0.4, -0.2) is 19.9 Å². The first kappa shape index (κ1) is 33.9. The molecule has 8 bridgehead atoms. The fourth-order valence-corrected chi connectivity index (χ4v) is 9.15. The number of aromatic nitrogens is 4. The molecule has 0 saturated heterocycles. The molecule has 0 saturated carbocycles. The molecule has 13 rings (SSSR count). The molecule has 0 spiro atoms. The molecule has 8 aromatic carbocycles. The van der Waals surface area contributed by atoms with Crippen molar-refractivity contribution >= 4 is 126 Å². The van der Waals surface area contributed by atoms with Crippen molar-refractivity contribution in [3.8, 4) is 0 Å². The molecule has 5 heterocycles. The zero-order valence-corrected chi connectivity index (χ0v) is 33.2. The summed E-state index contributed by atoms with van der Waals surface area (Å²) in [5.41, 5.74) is 7.86. The van der Waals surface area contributed by atoms with Gasteiger partial charge < -0.3 is 9.97 Å². The third kappa shape index (κ3) is 6.29. The first-order chi connectivity index (χ1) is 29.0. The van der Waals surface area contributed by atoms with Gasteiger partial charge in [0, 0.05) is 22.1 Å². The second kappa shape index (κ2) is 13.5. The van der Waals surface area contributed by atoms with Crippen LogP contribution in [0.2, 0.25) is 0 Å². The summed E-state index contributed by atoms with van der Waals surface area (Å²) in [4.78, 5) is 16.0. The van der Waals surface area contributed by atoms with E-state index >= 15 is 0 Å². The van der Waals surface area contributed by atoms with Gasteiger partial charge in [0.15, 0.2) is 0 Å². The normalized spacial score (nSPS) is 12.4. The molecule has 59 heavy (non-hydrogen) atoms. The summed E-state index contributed by atoms with van der Waals surface area (Å²) in [5.74, 6) is 0. The molecule has 0 amide bonds. The standard InChI is InChI=1S/C34H19.C20H14N4.Pd/c1-2-7-23-13-29-18-32-20-34-26(16-30(32)17-28(29)12-22(23)6-1)10-9-25-15-27-11-21-5-3-4-8-24(21)14-31(27)19-33(25)34;1-2-14-10-16-5-6-18(23-16)12-20-8-7-19(24-20)11-17-4-3-15(22-17)9-13(1)21-14;/h1-7,9-20H;1-12,21,24H;. The fraction of sp³-hybridized carbons (Fsp3) is 0. The van der Waals surface area contributed by atoms with Gasteiger partial charge in [-0.3, -0.25) is 0 Å². The molecule has 0 unspecified atom stereocenters. The first-order valence-corrected chi connectivity index (χ1v) is 20.5. The van der Waals surface area contributed by atoms with Crippen LogP contribution in [-0.2, 0) is 19.2 Å². The van der Waals surface area contributed by atoms with Crippen molar-refractivity contribution in [2.24, 2.45) is 0 Å². The third-order valence-corrected chi connectivity index (χ3v) is 12.2. The summed E-state index contributed by atoms with van der Waals surface area (Å²) in [6, 6.07) is 59.3. The Kier molecular flexibility index (Phi) is 7.75. The van der Waals surface area contributed by atoms with Gasteiger partial charge in [0.05, 0.1) is 22.8 Å². The van der Waals surface area contributed by atoms with E-state index in [1.54, 1.807) is 0 Å². The van der Waals surface area contributed by atoms with E-state index in [1.165, 1.54) is 79.4 Å². The van der Waals surface area contributed by atoms with Gasteiger partial charge in [-0.1, -0.05) is 24.3 Å². The Labute approximate surface area is 349 Å². The summed E-state index contributed by atoms with van der Waals surface area (Å²) in [7, 11) is 0. The van der Waals surface area contributed by atoms with Crippen molar-refractivity contribution in [2.75, 3.05) is 0 Å². The zero-order valence-electron chi connectivity index (χ0n) is 31.6. The molecule has 0 radical (unpaired) electrons. The molecule has 0 fully saturated rings. The van der Waals surface area contributed by atoms with E-state index in [0.717, 1.165) is 44.8 Å². The van der Waals surface area contributed by atoms with Crippen molar-refractivity contribution in [3.05, 3.63) is 187 Å². The SMILES string of the molecule is C1=Cc2cc3ccc(cc4nc(cc5ccc(cc1n2)[nH]5)C=C4)[nH]3.[Pd][c]1cccc2cc3cc4ccc5cc6cc7cc8ccccc8cc7cc6cc5c4cc3cc12. The van der Waals surface area contributed by atoms with Crippen LogP contribution >= 0.6 is 0 Å². The van der Waals surface area contributed by atoms with Crippen LogP contribution in [0.4, 0.5) is 0 Å². The topological polar surface area (TPSA) is 57.4 Å². The van der Waals surface area contributed by atoms with Gasteiger partial charge in [-0.25, -0.2) is 9.97 Å². The van der Waals surface area contributed by atoms with Crippen LogP contribution < -0.4 is 4.04 Å². The number of fused-ring (bicyclic) bond motifs is 16. The summed E-state index contributed by atoms with van der Waals surface area (Å²) < 4.78 is 1.18. The number of rotatable bonds is 0. The van der Waals surface area contributed by atoms with Crippen molar-refractivity contribution in [1.29, 1.82) is 0 Å². The third-order valence-electron chi connectivity index (χ3n) is 11.5. The number of nitrogens with one attached hydrogen (secondary N) is 2. The van der Waals surface area contributed by atoms with Gasteiger partial charge in [0.25, 0.3) is 0 Å². The molecule has 11 aromatic rings. The minimum absolute atomic E-state index is 0.939. The van der Waals surface area contributed by atoms with E-state index in [2.05, 4.69) is 179 Å². The van der Waals surface area contributed by atoms with Crippen LogP contribution in [0, 0.1) is 0 Å². The second-order valence-electron chi connectivity index (χ2n) is 15.5. The Balaban J connectivity index is 0.000000137. The van der Waals surface area contributed by atoms with Gasteiger partial charge in [-0.2, -0.15) is 0 Å². The summed E-state index contributed by atoms with van der Waals surface area (Å²) in [5, 5.41) is 18.0. The zero-order chi connectivity index (χ0) is 39.0. The molecule has 2 aliphatic heterocycles. The predicted molar refractivity (Wildman–Crippen MR) is 247 cm³/mol. The molecule has 5 heteroatoms. The summed E-state index contributed by atoms with van der Waals surface area (Å²) >= 11 is 3.43. The average Bonchev–Trinajstić information content (AvgIpc) is 4.08. The van der Waals surface area contributed by atoms with Crippen molar-refractivity contribution < 1.29 is 19.2 Å². The van der Waals surface area contributed by atoms with E-state index < -0.39 is 0 Å². The monoisotopic (exact) mass is 843 g/mol. The van der Waals surface area contributed by atoms with Crippen LogP contribution in [0.25, 0.3) is 122 Å². The fourth-order valence-electron chi connectivity index (χ4n) is 8.66. The van der Waals surface area contributed by atoms with Crippen molar-refractivity contribution in [1.82, 2.24) is 19.9 Å². The Bertz CT molecular complexity index is 3640. The number of hydrogen-bond acceptors (Lipinski definition) is 2. The molecule has 0 atom stereocenters. The molecule has 279 valence electrons. The summed E-state index contributed by atoms with van der Waals surface area (Å²) in [6.07, 6.45) is 8.09. The Morgan fingerprint density at radius 3 is 1.08 bits per heavy atom. The number of hydrogen-bond donors (Lipinski definition) is 2. The van der Waals surface area contributed by atoms with Crippen LogP contribution in [0.5, 0.6) is 0 Å². The van der Waals surface area contributed by atoms with E-state index in [1.807, 2.05) is 48.6 Å². The van der Waals surface area contributed by atoms with Crippen LogP contribution in [0.15, 0.2) is 164 Å². The van der Waals surface area contributed by atoms with Gasteiger partial charge in [-0.15, -0.1) is 0 Å². The predicted octanol–water partition coefficient (Wildman–Crippen LogP) is 13.6. The molecule has 2 aliphatic rings. The van der Waals surface area contributed by atoms with Gasteiger partial charge in [-0.05, 0) is 89.7 Å². The van der Waals surface area contributed by atoms with Gasteiger partial charge in [0.2, 0.25) is 0 Å². The number of nitrogens with zero attached hydrogens (tertiary/aromatic N) is 2. The molecule has 2 N–H and O–H groups in total. The van der Waals surface area contributed by atoms with E-state index in [-0.39, 0.29) is 0 Å². The Morgan fingerprint density at radius 2 is 0.627 bits per heavy atom. The van der Waals surface area contributed by atoms with E-state index in [4.69, 9.17) is 0 Å². The van der Waals surface area contributed by atoms with Crippen molar-refractivity contribution in [2.45, 2.75) is 0 Å². The molecular weight excluding hydrogens is 811 g/mol. The maximum absolute atomic E-state index is 4.63. The van der Waals surface area contributed by atoms with Gasteiger partial charge in [0.1, 0.15) is 0 Å². The average molecular weight is 844 g/mol. The van der Waals surface area contributed by atoms with Crippen molar-refractivity contribution in [3.63, 3.8) is 0 Å². The maximum atomic E-state index is 4.63. The first-order valence-electron chi connectivity index (χ1n) is 19.8. The quantitative estimate of drug-likeness (QED) is 0.0908. The molecule has 4 nitrogen and oxygen atoms in total. The number of benzene rings is 8. The van der Waals surface area contributed by atoms with E-state index in [9.17, 15) is 0 Å². The van der Waals surface area contributed by atoms with Crippen LogP contribution in [0.3, 0.4) is 0 Å². The molecule has 0 aliphatic carbocycles.